The monoisotopic (exact) mass is 466 g/mol. The molecule has 0 aliphatic rings. The molecule has 2 heterocycles. The molecule has 0 saturated carbocycles. The molecule has 3 aromatic rings. The van der Waals surface area contributed by atoms with Gasteiger partial charge in [0.15, 0.2) is 0 Å². The summed E-state index contributed by atoms with van der Waals surface area (Å²) in [6.45, 7) is 7.14. The van der Waals surface area contributed by atoms with E-state index in [-0.39, 0.29) is 5.91 Å². The van der Waals surface area contributed by atoms with Crippen LogP contribution in [0.2, 0.25) is 10.0 Å². The van der Waals surface area contributed by atoms with Crippen molar-refractivity contribution in [1.29, 1.82) is 0 Å². The molecule has 1 amide bonds. The highest BCUT2D eigenvalue weighted by Gasteiger charge is 2.18. The number of carbonyl (C=O) groups excluding carboxylic acids is 1. The number of hydrogen-bond donors (Lipinski definition) is 1. The van der Waals surface area contributed by atoms with E-state index in [4.69, 9.17) is 28.2 Å². The number of rotatable bonds is 8. The van der Waals surface area contributed by atoms with Crippen molar-refractivity contribution in [2.24, 2.45) is 5.92 Å². The molecule has 3 nitrogen and oxygen atoms in total. The Labute approximate surface area is 190 Å². The molecule has 0 unspecified atom stereocenters. The van der Waals surface area contributed by atoms with Crippen molar-refractivity contribution in [3.63, 3.8) is 0 Å². The minimum atomic E-state index is 0.000478. The van der Waals surface area contributed by atoms with Crippen LogP contribution in [0.5, 0.6) is 0 Å². The fourth-order valence-corrected chi connectivity index (χ4v) is 5.47. The lowest BCUT2D eigenvalue weighted by molar-refractivity contribution is 0.0957. The number of aromatic nitrogens is 1. The van der Waals surface area contributed by atoms with E-state index < -0.39 is 0 Å². The molecule has 7 heteroatoms. The summed E-state index contributed by atoms with van der Waals surface area (Å²) in [5.74, 6) is 0.516. The average Bonchev–Trinajstić information content (AvgIpc) is 3.29. The standard InChI is InChI=1S/C22H24Cl2N2OS2/c1-4-8-25-22(27)21-15(7-9-28-21)12-19-26-20(18(29-19)10-13(2)3)14-5-6-16(23)17(24)11-14/h5-7,9,11,13H,4,8,10,12H2,1-3H3,(H,25,27). The fourth-order valence-electron chi connectivity index (χ4n) is 3.01. The van der Waals surface area contributed by atoms with Gasteiger partial charge in [0.25, 0.3) is 5.91 Å². The average molecular weight is 467 g/mol. The summed E-state index contributed by atoms with van der Waals surface area (Å²) in [6.07, 6.45) is 2.51. The Morgan fingerprint density at radius 2 is 2.00 bits per heavy atom. The van der Waals surface area contributed by atoms with Crippen molar-refractivity contribution in [1.82, 2.24) is 10.3 Å². The number of nitrogens with zero attached hydrogens (tertiary/aromatic N) is 1. The number of nitrogens with one attached hydrogen (secondary N) is 1. The van der Waals surface area contributed by atoms with Crippen molar-refractivity contribution >= 4 is 51.8 Å². The number of amides is 1. The number of carbonyl (C=O) groups is 1. The van der Waals surface area contributed by atoms with Crippen LogP contribution in [0.4, 0.5) is 0 Å². The first kappa shape index (κ1) is 22.3. The van der Waals surface area contributed by atoms with Gasteiger partial charge in [-0.1, -0.05) is 50.0 Å². The van der Waals surface area contributed by atoms with E-state index in [2.05, 4.69) is 19.2 Å². The van der Waals surface area contributed by atoms with Crippen LogP contribution in [0.3, 0.4) is 0 Å². The second-order valence-electron chi connectivity index (χ2n) is 7.31. The maximum atomic E-state index is 12.4. The van der Waals surface area contributed by atoms with Crippen LogP contribution in [0.1, 0.15) is 52.3 Å². The lowest BCUT2D eigenvalue weighted by Crippen LogP contribution is -2.23. The lowest BCUT2D eigenvalue weighted by atomic mass is 10.0. The van der Waals surface area contributed by atoms with Gasteiger partial charge in [-0.2, -0.15) is 0 Å². The van der Waals surface area contributed by atoms with Crippen molar-refractivity contribution in [2.45, 2.75) is 40.0 Å². The topological polar surface area (TPSA) is 42.0 Å². The minimum Gasteiger partial charge on any atom is -0.351 e. The van der Waals surface area contributed by atoms with E-state index in [0.29, 0.717) is 28.9 Å². The van der Waals surface area contributed by atoms with E-state index in [9.17, 15) is 4.79 Å². The molecule has 1 N–H and O–H groups in total. The Morgan fingerprint density at radius 3 is 2.69 bits per heavy atom. The number of thiazole rings is 1. The number of thiophene rings is 1. The van der Waals surface area contributed by atoms with Crippen molar-refractivity contribution in [3.05, 3.63) is 60.0 Å². The molecular formula is C22H24Cl2N2OS2. The molecule has 0 bridgehead atoms. The Bertz CT molecular complexity index is 995. The molecule has 1 aromatic carbocycles. The van der Waals surface area contributed by atoms with Crippen LogP contribution in [-0.2, 0) is 12.8 Å². The van der Waals surface area contributed by atoms with Gasteiger partial charge in [-0.15, -0.1) is 22.7 Å². The quantitative estimate of drug-likeness (QED) is 0.384. The molecular weight excluding hydrogens is 443 g/mol. The number of hydrogen-bond acceptors (Lipinski definition) is 4. The molecule has 0 saturated heterocycles. The van der Waals surface area contributed by atoms with Gasteiger partial charge >= 0.3 is 0 Å². The van der Waals surface area contributed by atoms with Crippen LogP contribution in [0.25, 0.3) is 11.3 Å². The number of benzene rings is 1. The predicted molar refractivity (Wildman–Crippen MR) is 126 cm³/mol. The van der Waals surface area contributed by atoms with E-state index >= 15 is 0 Å². The second kappa shape index (κ2) is 10.1. The fraction of sp³-hybridized carbons (Fsp3) is 0.364. The molecule has 0 atom stereocenters. The summed E-state index contributed by atoms with van der Waals surface area (Å²) in [5, 5.41) is 7.01. The summed E-state index contributed by atoms with van der Waals surface area (Å²) in [5.41, 5.74) is 2.96. The largest absolute Gasteiger partial charge is 0.351 e. The predicted octanol–water partition coefficient (Wildman–Crippen LogP) is 7.11. The number of halogens is 2. The maximum absolute atomic E-state index is 12.4. The van der Waals surface area contributed by atoms with Crippen molar-refractivity contribution in [3.8, 4) is 11.3 Å². The molecule has 0 radical (unpaired) electrons. The Morgan fingerprint density at radius 1 is 1.21 bits per heavy atom. The third kappa shape index (κ3) is 5.60. The zero-order valence-corrected chi connectivity index (χ0v) is 19.9. The highest BCUT2D eigenvalue weighted by Crippen LogP contribution is 2.35. The molecule has 0 spiro atoms. The van der Waals surface area contributed by atoms with Crippen LogP contribution in [0.15, 0.2) is 29.6 Å². The first-order valence-electron chi connectivity index (χ1n) is 9.67. The summed E-state index contributed by atoms with van der Waals surface area (Å²) in [6, 6.07) is 7.67. The molecule has 3 rings (SSSR count). The lowest BCUT2D eigenvalue weighted by Gasteiger charge is -2.06. The van der Waals surface area contributed by atoms with E-state index in [1.807, 2.05) is 36.6 Å². The third-order valence-corrected chi connectivity index (χ3v) is 7.13. The van der Waals surface area contributed by atoms with Crippen LogP contribution in [0, 0.1) is 5.92 Å². The van der Waals surface area contributed by atoms with Gasteiger partial charge in [0.1, 0.15) is 0 Å². The van der Waals surface area contributed by atoms with Gasteiger partial charge in [0, 0.05) is 23.4 Å². The van der Waals surface area contributed by atoms with Crippen LogP contribution >= 0.6 is 45.9 Å². The SMILES string of the molecule is CCCNC(=O)c1sccc1Cc1nc(-c2ccc(Cl)c(Cl)c2)c(CC(C)C)s1. The van der Waals surface area contributed by atoms with Gasteiger partial charge in [0.05, 0.1) is 25.6 Å². The first-order chi connectivity index (χ1) is 13.9. The summed E-state index contributed by atoms with van der Waals surface area (Å²) in [7, 11) is 0. The molecule has 29 heavy (non-hydrogen) atoms. The van der Waals surface area contributed by atoms with Gasteiger partial charge < -0.3 is 5.32 Å². The van der Waals surface area contributed by atoms with Crippen LogP contribution < -0.4 is 5.32 Å². The zero-order valence-electron chi connectivity index (χ0n) is 16.7. The minimum absolute atomic E-state index is 0.000478. The molecule has 0 fully saturated rings. The van der Waals surface area contributed by atoms with Gasteiger partial charge in [-0.3, -0.25) is 4.79 Å². The van der Waals surface area contributed by atoms with E-state index in [1.54, 1.807) is 11.3 Å². The Balaban J connectivity index is 1.91. The summed E-state index contributed by atoms with van der Waals surface area (Å²) < 4.78 is 0. The molecule has 0 aliphatic heterocycles. The molecule has 2 aromatic heterocycles. The normalized spacial score (nSPS) is 11.2. The van der Waals surface area contributed by atoms with Crippen LogP contribution in [-0.4, -0.2) is 17.4 Å². The maximum Gasteiger partial charge on any atom is 0.261 e. The van der Waals surface area contributed by atoms with Gasteiger partial charge in [-0.05, 0) is 47.9 Å². The Hall–Kier alpha value is -1.40. The molecule has 0 aliphatic carbocycles. The first-order valence-corrected chi connectivity index (χ1v) is 12.1. The van der Waals surface area contributed by atoms with Crippen molar-refractivity contribution < 1.29 is 4.79 Å². The van der Waals surface area contributed by atoms with Gasteiger partial charge in [-0.25, -0.2) is 4.98 Å². The van der Waals surface area contributed by atoms with E-state index in [0.717, 1.165) is 39.5 Å². The highest BCUT2D eigenvalue weighted by molar-refractivity contribution is 7.12. The highest BCUT2D eigenvalue weighted by atomic mass is 35.5. The Kier molecular flexibility index (Phi) is 7.74. The third-order valence-electron chi connectivity index (χ3n) is 4.36. The van der Waals surface area contributed by atoms with Gasteiger partial charge in [0.2, 0.25) is 0 Å². The zero-order chi connectivity index (χ0) is 21.0. The smallest absolute Gasteiger partial charge is 0.261 e. The molecule has 154 valence electrons. The summed E-state index contributed by atoms with van der Waals surface area (Å²) >= 11 is 15.5. The van der Waals surface area contributed by atoms with Crippen molar-refractivity contribution in [2.75, 3.05) is 6.54 Å². The van der Waals surface area contributed by atoms with E-state index in [1.165, 1.54) is 16.2 Å². The summed E-state index contributed by atoms with van der Waals surface area (Å²) in [4.78, 5) is 19.4. The second-order valence-corrected chi connectivity index (χ2v) is 10.2.